The van der Waals surface area contributed by atoms with E-state index in [-0.39, 0.29) is 30.3 Å². The van der Waals surface area contributed by atoms with Crippen LogP contribution in [0.3, 0.4) is 0 Å². The summed E-state index contributed by atoms with van der Waals surface area (Å²) in [6, 6.07) is 13.4. The fraction of sp³-hybridized carbons (Fsp3) is 0.333. The van der Waals surface area contributed by atoms with Gasteiger partial charge in [0.1, 0.15) is 11.6 Å². The van der Waals surface area contributed by atoms with Crippen LogP contribution in [0.5, 0.6) is 5.75 Å². The van der Waals surface area contributed by atoms with Crippen molar-refractivity contribution in [3.05, 3.63) is 65.5 Å². The Hall–Kier alpha value is -2.54. The van der Waals surface area contributed by atoms with Gasteiger partial charge in [0.2, 0.25) is 5.91 Å². The van der Waals surface area contributed by atoms with E-state index < -0.39 is 0 Å². The Labute approximate surface area is 169 Å². The van der Waals surface area contributed by atoms with Crippen LogP contribution in [0.4, 0.5) is 4.39 Å². The largest absolute Gasteiger partial charge is 0.491 e. The Morgan fingerprint density at radius 1 is 1.07 bits per heavy atom. The second kappa shape index (κ2) is 11.3. The molecule has 5 nitrogen and oxygen atoms in total. The fourth-order valence-corrected chi connectivity index (χ4v) is 3.19. The lowest BCUT2D eigenvalue weighted by Gasteiger charge is -2.10. The summed E-state index contributed by atoms with van der Waals surface area (Å²) in [5, 5.41) is 5.32. The van der Waals surface area contributed by atoms with Gasteiger partial charge >= 0.3 is 0 Å². The number of halogens is 1. The maximum absolute atomic E-state index is 13.5. The first-order chi connectivity index (χ1) is 13.5. The van der Waals surface area contributed by atoms with Gasteiger partial charge in [0.15, 0.2) is 0 Å². The first-order valence-corrected chi connectivity index (χ1v) is 10.2. The monoisotopic (exact) mass is 404 g/mol. The van der Waals surface area contributed by atoms with E-state index in [9.17, 15) is 14.0 Å². The van der Waals surface area contributed by atoms with Crippen LogP contribution in [-0.4, -0.2) is 36.8 Å². The normalized spacial score (nSPS) is 10.6. The molecule has 0 fully saturated rings. The quantitative estimate of drug-likeness (QED) is 0.596. The number of hydrogen-bond acceptors (Lipinski definition) is 4. The lowest BCUT2D eigenvalue weighted by Crippen LogP contribution is -2.37. The molecule has 0 saturated carbocycles. The zero-order valence-corrected chi connectivity index (χ0v) is 16.9. The second-order valence-corrected chi connectivity index (χ2v) is 7.47. The zero-order valence-electron chi connectivity index (χ0n) is 16.0. The molecule has 0 aliphatic rings. The molecule has 0 heterocycles. The molecule has 0 bridgehead atoms. The van der Waals surface area contributed by atoms with Crippen LogP contribution in [0.2, 0.25) is 0 Å². The van der Waals surface area contributed by atoms with Gasteiger partial charge in [-0.25, -0.2) is 4.39 Å². The van der Waals surface area contributed by atoms with Gasteiger partial charge < -0.3 is 15.4 Å². The molecule has 0 radical (unpaired) electrons. The van der Waals surface area contributed by atoms with Gasteiger partial charge in [-0.1, -0.05) is 18.2 Å². The van der Waals surface area contributed by atoms with Gasteiger partial charge in [0, 0.05) is 23.6 Å². The summed E-state index contributed by atoms with van der Waals surface area (Å²) >= 11 is 1.54. The van der Waals surface area contributed by atoms with E-state index in [1.807, 2.05) is 13.8 Å². The van der Waals surface area contributed by atoms with Gasteiger partial charge in [-0.05, 0) is 49.7 Å². The number of rotatable bonds is 10. The van der Waals surface area contributed by atoms with E-state index in [4.69, 9.17) is 4.74 Å². The molecule has 2 aromatic carbocycles. The van der Waals surface area contributed by atoms with E-state index in [1.54, 1.807) is 42.5 Å². The van der Waals surface area contributed by atoms with E-state index in [0.29, 0.717) is 34.9 Å². The Balaban J connectivity index is 1.62. The number of benzene rings is 2. The van der Waals surface area contributed by atoms with Gasteiger partial charge in [-0.2, -0.15) is 11.8 Å². The number of amides is 2. The van der Waals surface area contributed by atoms with Crippen molar-refractivity contribution in [2.45, 2.75) is 25.7 Å². The average Bonchev–Trinajstić information content (AvgIpc) is 2.67. The molecule has 0 atom stereocenters. The number of thioether (sulfide) groups is 1. The van der Waals surface area contributed by atoms with Crippen molar-refractivity contribution in [1.29, 1.82) is 0 Å². The van der Waals surface area contributed by atoms with Crippen molar-refractivity contribution >= 4 is 23.6 Å². The number of hydrogen-bond donors (Lipinski definition) is 2. The molecule has 7 heteroatoms. The molecular weight excluding hydrogens is 379 g/mol. The number of carbonyl (C=O) groups is 2. The summed E-state index contributed by atoms with van der Waals surface area (Å²) in [5.74, 6) is 1.10. The molecule has 0 aliphatic heterocycles. The third-order valence-corrected chi connectivity index (χ3v) is 4.69. The zero-order chi connectivity index (χ0) is 20.4. The summed E-state index contributed by atoms with van der Waals surface area (Å²) in [5.41, 5.74) is 1.11. The van der Waals surface area contributed by atoms with Crippen LogP contribution < -0.4 is 15.4 Å². The molecule has 0 aliphatic carbocycles. The predicted octanol–water partition coefficient (Wildman–Crippen LogP) is 3.39. The molecular formula is C21H25FN2O3S. The SMILES string of the molecule is CC(C)Oc1ccc(C(=O)NCC(=O)NCCSCc2ccccc2F)cc1. The van der Waals surface area contributed by atoms with Gasteiger partial charge in [-0.3, -0.25) is 9.59 Å². The standard InChI is InChI=1S/C21H25FN2O3S/c1-15(2)27-18-9-7-16(8-10-18)21(26)24-13-20(25)23-11-12-28-14-17-5-3-4-6-19(17)22/h3-10,15H,11-14H2,1-2H3,(H,23,25)(H,24,26). The van der Waals surface area contributed by atoms with Gasteiger partial charge in [-0.15, -0.1) is 0 Å². The average molecular weight is 405 g/mol. The highest BCUT2D eigenvalue weighted by Crippen LogP contribution is 2.15. The summed E-state index contributed by atoms with van der Waals surface area (Å²) in [4.78, 5) is 23.9. The molecule has 150 valence electrons. The van der Waals surface area contributed by atoms with Crippen molar-refractivity contribution in [3.8, 4) is 5.75 Å². The van der Waals surface area contributed by atoms with Crippen LogP contribution in [0.1, 0.15) is 29.8 Å². The highest BCUT2D eigenvalue weighted by Gasteiger charge is 2.08. The molecule has 28 heavy (non-hydrogen) atoms. The second-order valence-electron chi connectivity index (χ2n) is 6.37. The topological polar surface area (TPSA) is 67.4 Å². The van der Waals surface area contributed by atoms with Crippen molar-refractivity contribution < 1.29 is 18.7 Å². The van der Waals surface area contributed by atoms with Crippen LogP contribution in [0.25, 0.3) is 0 Å². The Morgan fingerprint density at radius 3 is 2.46 bits per heavy atom. The summed E-state index contributed by atoms with van der Waals surface area (Å²) in [6.07, 6.45) is 0.0632. The minimum atomic E-state index is -0.319. The summed E-state index contributed by atoms with van der Waals surface area (Å²) in [6.45, 7) is 4.21. The molecule has 2 rings (SSSR count). The first kappa shape index (κ1) is 21.8. The highest BCUT2D eigenvalue weighted by molar-refractivity contribution is 7.98. The van der Waals surface area contributed by atoms with Crippen LogP contribution >= 0.6 is 11.8 Å². The van der Waals surface area contributed by atoms with Crippen LogP contribution in [-0.2, 0) is 10.5 Å². The molecule has 0 unspecified atom stereocenters. The van der Waals surface area contributed by atoms with Crippen molar-refractivity contribution in [2.24, 2.45) is 0 Å². The van der Waals surface area contributed by atoms with E-state index in [0.717, 1.165) is 0 Å². The molecule has 2 aromatic rings. The Morgan fingerprint density at radius 2 is 1.79 bits per heavy atom. The summed E-state index contributed by atoms with van der Waals surface area (Å²) in [7, 11) is 0. The maximum atomic E-state index is 13.5. The number of ether oxygens (including phenoxy) is 1. The molecule has 0 aromatic heterocycles. The van der Waals surface area contributed by atoms with Crippen LogP contribution in [0, 0.1) is 5.82 Å². The number of carbonyl (C=O) groups excluding carboxylic acids is 2. The van der Waals surface area contributed by atoms with Gasteiger partial charge in [0.05, 0.1) is 12.6 Å². The minimum absolute atomic E-state index is 0.0632. The van der Waals surface area contributed by atoms with E-state index in [2.05, 4.69) is 10.6 Å². The van der Waals surface area contributed by atoms with Gasteiger partial charge in [0.25, 0.3) is 5.91 Å². The molecule has 0 spiro atoms. The Bertz CT molecular complexity index is 781. The first-order valence-electron chi connectivity index (χ1n) is 9.08. The highest BCUT2D eigenvalue weighted by atomic mass is 32.2. The van der Waals surface area contributed by atoms with Crippen molar-refractivity contribution in [3.63, 3.8) is 0 Å². The minimum Gasteiger partial charge on any atom is -0.491 e. The fourth-order valence-electron chi connectivity index (χ4n) is 2.34. The van der Waals surface area contributed by atoms with Crippen molar-refractivity contribution in [2.75, 3.05) is 18.8 Å². The lowest BCUT2D eigenvalue weighted by molar-refractivity contribution is -0.120. The maximum Gasteiger partial charge on any atom is 0.251 e. The third kappa shape index (κ3) is 7.60. The third-order valence-electron chi connectivity index (χ3n) is 3.68. The molecule has 0 saturated heterocycles. The van der Waals surface area contributed by atoms with E-state index >= 15 is 0 Å². The molecule has 2 N–H and O–H groups in total. The lowest BCUT2D eigenvalue weighted by atomic mass is 10.2. The number of nitrogens with one attached hydrogen (secondary N) is 2. The van der Waals surface area contributed by atoms with Crippen molar-refractivity contribution in [1.82, 2.24) is 10.6 Å². The molecule has 2 amide bonds. The summed E-state index contributed by atoms with van der Waals surface area (Å²) < 4.78 is 19.0. The van der Waals surface area contributed by atoms with E-state index in [1.165, 1.54) is 17.8 Å². The smallest absolute Gasteiger partial charge is 0.251 e. The van der Waals surface area contributed by atoms with Crippen LogP contribution in [0.15, 0.2) is 48.5 Å². The predicted molar refractivity (Wildman–Crippen MR) is 110 cm³/mol. The Kier molecular flexibility index (Phi) is 8.81.